The van der Waals surface area contributed by atoms with Crippen LogP contribution in [0.15, 0.2) is 47.5 Å². The van der Waals surface area contributed by atoms with E-state index in [0.29, 0.717) is 50.6 Å². The SMILES string of the molecule is CCN(CC)S(=O)(=O)c1ccc(C(=O)N2CCN(c3ccc(C(F)(F)F)cn3)CC2)cc1. The number of hydrogen-bond acceptors (Lipinski definition) is 5. The van der Waals surface area contributed by atoms with Crippen molar-refractivity contribution in [1.29, 1.82) is 0 Å². The topological polar surface area (TPSA) is 73.8 Å². The lowest BCUT2D eigenvalue weighted by atomic mass is 10.2. The fourth-order valence-corrected chi connectivity index (χ4v) is 5.00. The summed E-state index contributed by atoms with van der Waals surface area (Å²) in [6.07, 6.45) is -3.63. The zero-order chi connectivity index (χ0) is 23.5. The van der Waals surface area contributed by atoms with Gasteiger partial charge in [-0.05, 0) is 36.4 Å². The van der Waals surface area contributed by atoms with Crippen LogP contribution in [0, 0.1) is 0 Å². The minimum absolute atomic E-state index is 0.135. The molecule has 1 fully saturated rings. The van der Waals surface area contributed by atoms with Gasteiger partial charge in [0.2, 0.25) is 10.0 Å². The van der Waals surface area contributed by atoms with Crippen molar-refractivity contribution in [1.82, 2.24) is 14.2 Å². The highest BCUT2D eigenvalue weighted by Crippen LogP contribution is 2.29. The van der Waals surface area contributed by atoms with Crippen LogP contribution < -0.4 is 4.90 Å². The Kier molecular flexibility index (Phi) is 7.09. The highest BCUT2D eigenvalue weighted by atomic mass is 32.2. The molecule has 32 heavy (non-hydrogen) atoms. The summed E-state index contributed by atoms with van der Waals surface area (Å²) in [6, 6.07) is 8.20. The van der Waals surface area contributed by atoms with E-state index in [2.05, 4.69) is 4.98 Å². The third-order valence-corrected chi connectivity index (χ3v) is 7.47. The molecular weight excluding hydrogens is 445 g/mol. The second-order valence-corrected chi connectivity index (χ2v) is 9.23. The first-order valence-electron chi connectivity index (χ1n) is 10.3. The molecule has 3 rings (SSSR count). The Labute approximate surface area is 185 Å². The van der Waals surface area contributed by atoms with Crippen molar-refractivity contribution in [2.75, 3.05) is 44.2 Å². The van der Waals surface area contributed by atoms with Gasteiger partial charge in [0.15, 0.2) is 0 Å². The molecule has 0 saturated carbocycles. The number of carbonyl (C=O) groups is 1. The molecule has 2 heterocycles. The Morgan fingerprint density at radius 2 is 1.59 bits per heavy atom. The number of halogens is 3. The van der Waals surface area contributed by atoms with Gasteiger partial charge in [-0.2, -0.15) is 17.5 Å². The predicted molar refractivity (Wildman–Crippen MR) is 114 cm³/mol. The van der Waals surface area contributed by atoms with Gasteiger partial charge in [-0.3, -0.25) is 4.79 Å². The summed E-state index contributed by atoms with van der Waals surface area (Å²) in [5, 5.41) is 0. The molecule has 1 amide bonds. The average Bonchev–Trinajstić information content (AvgIpc) is 2.79. The normalized spacial score (nSPS) is 15.3. The van der Waals surface area contributed by atoms with E-state index in [0.717, 1.165) is 12.3 Å². The van der Waals surface area contributed by atoms with Crippen LogP contribution in [-0.4, -0.2) is 67.8 Å². The molecule has 1 aromatic carbocycles. The van der Waals surface area contributed by atoms with Gasteiger partial charge < -0.3 is 9.80 Å². The van der Waals surface area contributed by atoms with Crippen LogP contribution in [-0.2, 0) is 16.2 Å². The maximum Gasteiger partial charge on any atom is 0.417 e. The van der Waals surface area contributed by atoms with Crippen molar-refractivity contribution >= 4 is 21.7 Å². The molecule has 1 aromatic heterocycles. The van der Waals surface area contributed by atoms with E-state index in [1.807, 2.05) is 4.90 Å². The monoisotopic (exact) mass is 470 g/mol. The predicted octanol–water partition coefficient (Wildman–Crippen LogP) is 3.09. The van der Waals surface area contributed by atoms with Crippen molar-refractivity contribution < 1.29 is 26.4 Å². The van der Waals surface area contributed by atoms with E-state index in [1.54, 1.807) is 18.7 Å². The number of sulfonamides is 1. The number of aromatic nitrogens is 1. The molecular formula is C21H25F3N4O3S. The number of hydrogen-bond donors (Lipinski definition) is 0. The van der Waals surface area contributed by atoms with Crippen molar-refractivity contribution in [3.05, 3.63) is 53.7 Å². The minimum atomic E-state index is -4.43. The van der Waals surface area contributed by atoms with E-state index in [1.165, 1.54) is 34.6 Å². The Hall–Kier alpha value is -2.66. The van der Waals surface area contributed by atoms with Crippen LogP contribution in [0.3, 0.4) is 0 Å². The lowest BCUT2D eigenvalue weighted by molar-refractivity contribution is -0.137. The molecule has 1 aliphatic heterocycles. The smallest absolute Gasteiger partial charge is 0.353 e. The quantitative estimate of drug-likeness (QED) is 0.649. The van der Waals surface area contributed by atoms with Crippen LogP contribution in [0.4, 0.5) is 19.0 Å². The largest absolute Gasteiger partial charge is 0.417 e. The molecule has 11 heteroatoms. The molecule has 1 saturated heterocycles. The van der Waals surface area contributed by atoms with Gasteiger partial charge >= 0.3 is 6.18 Å². The Balaban J connectivity index is 1.63. The average molecular weight is 471 g/mol. The lowest BCUT2D eigenvalue weighted by Gasteiger charge is -2.35. The molecule has 0 spiro atoms. The number of rotatable bonds is 6. The fourth-order valence-electron chi connectivity index (χ4n) is 3.54. The third-order valence-electron chi connectivity index (χ3n) is 5.41. The maximum atomic E-state index is 12.8. The molecule has 7 nitrogen and oxygen atoms in total. The summed E-state index contributed by atoms with van der Waals surface area (Å²) in [4.78, 5) is 20.3. The molecule has 0 aliphatic carbocycles. The van der Waals surface area contributed by atoms with Crippen molar-refractivity contribution in [3.63, 3.8) is 0 Å². The van der Waals surface area contributed by atoms with Crippen molar-refractivity contribution in [3.8, 4) is 0 Å². The lowest BCUT2D eigenvalue weighted by Crippen LogP contribution is -2.49. The number of carbonyl (C=O) groups excluding carboxylic acids is 1. The van der Waals surface area contributed by atoms with Gasteiger partial charge in [0.1, 0.15) is 5.82 Å². The van der Waals surface area contributed by atoms with E-state index < -0.39 is 21.8 Å². The van der Waals surface area contributed by atoms with Crippen LogP contribution in [0.25, 0.3) is 0 Å². The van der Waals surface area contributed by atoms with E-state index in [9.17, 15) is 26.4 Å². The molecule has 174 valence electrons. The Morgan fingerprint density at radius 1 is 1.00 bits per heavy atom. The molecule has 2 aromatic rings. The maximum absolute atomic E-state index is 12.8. The van der Waals surface area contributed by atoms with Gasteiger partial charge in [0.25, 0.3) is 5.91 Å². The zero-order valence-electron chi connectivity index (χ0n) is 17.8. The summed E-state index contributed by atoms with van der Waals surface area (Å²) in [7, 11) is -3.59. The van der Waals surface area contributed by atoms with E-state index in [4.69, 9.17) is 0 Å². The first-order chi connectivity index (χ1) is 15.1. The first-order valence-corrected chi connectivity index (χ1v) is 11.7. The number of piperazine rings is 1. The number of benzene rings is 1. The van der Waals surface area contributed by atoms with E-state index in [-0.39, 0.29) is 10.8 Å². The van der Waals surface area contributed by atoms with Gasteiger partial charge in [0, 0.05) is 51.0 Å². The molecule has 0 radical (unpaired) electrons. The van der Waals surface area contributed by atoms with Gasteiger partial charge in [-0.1, -0.05) is 13.8 Å². The van der Waals surface area contributed by atoms with Gasteiger partial charge in [-0.25, -0.2) is 13.4 Å². The summed E-state index contributed by atoms with van der Waals surface area (Å²) in [5.41, 5.74) is -0.425. The molecule has 0 atom stereocenters. The van der Waals surface area contributed by atoms with Crippen LogP contribution >= 0.6 is 0 Å². The Bertz CT molecular complexity index is 1030. The standard InChI is InChI=1S/C21H25F3N4O3S/c1-3-28(4-2)32(30,31)18-8-5-16(6-9-18)20(29)27-13-11-26(12-14-27)19-10-7-17(15-25-19)21(22,23)24/h5-10,15H,3-4,11-14H2,1-2H3. The fraction of sp³-hybridized carbons (Fsp3) is 0.429. The Morgan fingerprint density at radius 3 is 2.06 bits per heavy atom. The van der Waals surface area contributed by atoms with Crippen molar-refractivity contribution in [2.24, 2.45) is 0 Å². The van der Waals surface area contributed by atoms with Gasteiger partial charge in [0.05, 0.1) is 10.5 Å². The van der Waals surface area contributed by atoms with Crippen LogP contribution in [0.5, 0.6) is 0 Å². The zero-order valence-corrected chi connectivity index (χ0v) is 18.7. The number of amides is 1. The van der Waals surface area contributed by atoms with Gasteiger partial charge in [-0.15, -0.1) is 0 Å². The molecule has 0 bridgehead atoms. The number of pyridine rings is 1. The van der Waals surface area contributed by atoms with E-state index >= 15 is 0 Å². The minimum Gasteiger partial charge on any atom is -0.353 e. The third kappa shape index (κ3) is 5.04. The second kappa shape index (κ2) is 9.45. The summed E-state index contributed by atoms with van der Waals surface area (Å²) in [5.74, 6) is 0.202. The van der Waals surface area contributed by atoms with Crippen molar-refractivity contribution in [2.45, 2.75) is 24.9 Å². The summed E-state index contributed by atoms with van der Waals surface area (Å²) < 4.78 is 64.6. The number of anilines is 1. The van der Waals surface area contributed by atoms with Crippen LogP contribution in [0.2, 0.25) is 0 Å². The first kappa shape index (κ1) is 24.0. The second-order valence-electron chi connectivity index (χ2n) is 7.30. The summed E-state index contributed by atoms with van der Waals surface area (Å²) in [6.45, 7) is 5.85. The number of alkyl halides is 3. The molecule has 1 aliphatic rings. The highest BCUT2D eigenvalue weighted by Gasteiger charge is 2.31. The highest BCUT2D eigenvalue weighted by molar-refractivity contribution is 7.89. The molecule has 0 unspecified atom stereocenters. The summed E-state index contributed by atoms with van der Waals surface area (Å²) >= 11 is 0. The molecule has 0 N–H and O–H groups in total. The van der Waals surface area contributed by atoms with Crippen LogP contribution in [0.1, 0.15) is 29.8 Å². The number of nitrogens with zero attached hydrogens (tertiary/aromatic N) is 4.